The molecule has 0 spiro atoms. The molecule has 0 saturated heterocycles. The monoisotopic (exact) mass is 306 g/mol. The number of halogens is 1. The summed E-state index contributed by atoms with van der Waals surface area (Å²) >= 11 is 5.87. The molecule has 2 aromatic rings. The second kappa shape index (κ2) is 7.29. The first-order valence-electron chi connectivity index (χ1n) is 6.91. The number of rotatable bonds is 6. The van der Waals surface area contributed by atoms with Crippen LogP contribution in [0.4, 0.5) is 0 Å². The lowest BCUT2D eigenvalue weighted by Crippen LogP contribution is -2.38. The van der Waals surface area contributed by atoms with Crippen LogP contribution in [-0.4, -0.2) is 33.5 Å². The Labute approximate surface area is 129 Å². The molecule has 0 saturated carbocycles. The largest absolute Gasteiger partial charge is 0.396 e. The Hall–Kier alpha value is -1.78. The van der Waals surface area contributed by atoms with Gasteiger partial charge in [0, 0.05) is 25.4 Å². The van der Waals surface area contributed by atoms with Crippen molar-refractivity contribution in [2.45, 2.75) is 25.9 Å². The van der Waals surface area contributed by atoms with Gasteiger partial charge in [-0.2, -0.15) is 0 Å². The first kappa shape index (κ1) is 15.6. The van der Waals surface area contributed by atoms with Crippen molar-refractivity contribution >= 4 is 17.5 Å². The number of H-pyrrole nitrogens is 1. The molecule has 1 aromatic heterocycles. The Bertz CT molecular complexity index is 583. The number of carbonyl (C=O) groups excluding carboxylic acids is 1. The normalized spacial score (nSPS) is 12.1. The molecule has 4 nitrogen and oxygen atoms in total. The number of aliphatic hydroxyl groups is 1. The number of aliphatic hydroxyl groups excluding tert-OH is 1. The minimum absolute atomic E-state index is 0.0468. The molecule has 0 aliphatic rings. The van der Waals surface area contributed by atoms with Crippen LogP contribution in [-0.2, 0) is 6.54 Å². The molecule has 0 bridgehead atoms. The molecule has 21 heavy (non-hydrogen) atoms. The Morgan fingerprint density at radius 2 is 2.10 bits per heavy atom. The highest BCUT2D eigenvalue weighted by atomic mass is 35.5. The molecule has 0 aliphatic carbocycles. The van der Waals surface area contributed by atoms with Gasteiger partial charge in [-0.25, -0.2) is 0 Å². The standard InChI is InChI=1S/C16H19ClN2O2/c1-12(7-8-20)19(11-13-5-3-2-4-6-13)16(21)15-9-14(17)10-18-15/h2-6,9-10,12,18,20H,7-8,11H2,1H3. The Morgan fingerprint density at radius 1 is 1.38 bits per heavy atom. The van der Waals surface area contributed by atoms with Gasteiger partial charge in [0.15, 0.2) is 0 Å². The molecule has 1 amide bonds. The van der Waals surface area contributed by atoms with Gasteiger partial charge in [0.2, 0.25) is 0 Å². The maximum absolute atomic E-state index is 12.6. The number of nitrogens with one attached hydrogen (secondary N) is 1. The predicted molar refractivity (Wildman–Crippen MR) is 83.3 cm³/mol. The second-order valence-electron chi connectivity index (χ2n) is 5.01. The third kappa shape index (κ3) is 4.09. The smallest absolute Gasteiger partial charge is 0.270 e. The molecule has 1 heterocycles. The number of hydrogen-bond donors (Lipinski definition) is 2. The van der Waals surface area contributed by atoms with Gasteiger partial charge < -0.3 is 15.0 Å². The van der Waals surface area contributed by atoms with Gasteiger partial charge in [0.25, 0.3) is 5.91 Å². The van der Waals surface area contributed by atoms with E-state index in [1.807, 2.05) is 37.3 Å². The summed E-state index contributed by atoms with van der Waals surface area (Å²) in [5.41, 5.74) is 1.51. The van der Waals surface area contributed by atoms with E-state index in [2.05, 4.69) is 4.98 Å². The van der Waals surface area contributed by atoms with Crippen LogP contribution in [0.15, 0.2) is 42.6 Å². The molecule has 1 aromatic carbocycles. The molecule has 1 unspecified atom stereocenters. The first-order valence-corrected chi connectivity index (χ1v) is 7.29. The maximum atomic E-state index is 12.6. The lowest BCUT2D eigenvalue weighted by Gasteiger charge is -2.28. The molecule has 0 fully saturated rings. The molecular weight excluding hydrogens is 288 g/mol. The van der Waals surface area contributed by atoms with Gasteiger partial charge in [-0.15, -0.1) is 0 Å². The van der Waals surface area contributed by atoms with Gasteiger partial charge in [-0.05, 0) is 25.0 Å². The fourth-order valence-electron chi connectivity index (χ4n) is 2.20. The summed E-state index contributed by atoms with van der Waals surface area (Å²) in [5.74, 6) is -0.119. The summed E-state index contributed by atoms with van der Waals surface area (Å²) in [6.07, 6.45) is 2.12. The van der Waals surface area contributed by atoms with Gasteiger partial charge in [0.1, 0.15) is 5.69 Å². The van der Waals surface area contributed by atoms with Crippen LogP contribution in [0.5, 0.6) is 0 Å². The highest BCUT2D eigenvalue weighted by Gasteiger charge is 2.22. The van der Waals surface area contributed by atoms with E-state index >= 15 is 0 Å². The van der Waals surface area contributed by atoms with E-state index in [0.29, 0.717) is 23.7 Å². The first-order chi connectivity index (χ1) is 10.1. The maximum Gasteiger partial charge on any atom is 0.270 e. The van der Waals surface area contributed by atoms with E-state index in [0.717, 1.165) is 5.56 Å². The average Bonchev–Trinajstić information content (AvgIpc) is 2.92. The van der Waals surface area contributed by atoms with Gasteiger partial charge in [0.05, 0.1) is 5.02 Å². The van der Waals surface area contributed by atoms with Gasteiger partial charge in [-0.3, -0.25) is 4.79 Å². The van der Waals surface area contributed by atoms with E-state index in [-0.39, 0.29) is 18.6 Å². The zero-order valence-electron chi connectivity index (χ0n) is 11.9. The molecular formula is C16H19ClN2O2. The molecule has 0 aliphatic heterocycles. The summed E-state index contributed by atoms with van der Waals surface area (Å²) < 4.78 is 0. The Morgan fingerprint density at radius 3 is 2.67 bits per heavy atom. The zero-order valence-corrected chi connectivity index (χ0v) is 12.7. The minimum atomic E-state index is -0.119. The predicted octanol–water partition coefficient (Wildman–Crippen LogP) is 3.08. The van der Waals surface area contributed by atoms with Crippen LogP contribution in [0.1, 0.15) is 29.4 Å². The van der Waals surface area contributed by atoms with Crippen LogP contribution in [0.3, 0.4) is 0 Å². The number of aromatic amines is 1. The molecule has 2 N–H and O–H groups in total. The lowest BCUT2D eigenvalue weighted by atomic mass is 10.1. The van der Waals surface area contributed by atoms with E-state index < -0.39 is 0 Å². The van der Waals surface area contributed by atoms with E-state index in [4.69, 9.17) is 16.7 Å². The fourth-order valence-corrected chi connectivity index (χ4v) is 2.36. The fraction of sp³-hybridized carbons (Fsp3) is 0.312. The third-order valence-electron chi connectivity index (χ3n) is 3.41. The summed E-state index contributed by atoms with van der Waals surface area (Å²) in [6.45, 7) is 2.48. The quantitative estimate of drug-likeness (QED) is 0.861. The van der Waals surface area contributed by atoms with Crippen LogP contribution < -0.4 is 0 Å². The van der Waals surface area contributed by atoms with Crippen molar-refractivity contribution in [3.63, 3.8) is 0 Å². The van der Waals surface area contributed by atoms with Gasteiger partial charge >= 0.3 is 0 Å². The SMILES string of the molecule is CC(CCO)N(Cc1ccccc1)C(=O)c1cc(Cl)c[nH]1. The summed E-state index contributed by atoms with van der Waals surface area (Å²) in [5, 5.41) is 9.65. The van der Waals surface area contributed by atoms with Crippen molar-refractivity contribution in [2.24, 2.45) is 0 Å². The van der Waals surface area contributed by atoms with E-state index in [9.17, 15) is 4.79 Å². The number of nitrogens with zero attached hydrogens (tertiary/aromatic N) is 1. The summed E-state index contributed by atoms with van der Waals surface area (Å²) in [4.78, 5) is 17.3. The van der Waals surface area contributed by atoms with Crippen LogP contribution in [0, 0.1) is 0 Å². The highest BCUT2D eigenvalue weighted by molar-refractivity contribution is 6.30. The number of hydrogen-bond acceptors (Lipinski definition) is 2. The van der Waals surface area contributed by atoms with Crippen LogP contribution in [0.2, 0.25) is 5.02 Å². The topological polar surface area (TPSA) is 56.3 Å². The van der Waals surface area contributed by atoms with Crippen LogP contribution >= 0.6 is 11.6 Å². The van der Waals surface area contributed by atoms with Crippen molar-refractivity contribution in [3.8, 4) is 0 Å². The Kier molecular flexibility index (Phi) is 5.42. The molecule has 1 atom stereocenters. The van der Waals surface area contributed by atoms with E-state index in [1.54, 1.807) is 17.2 Å². The van der Waals surface area contributed by atoms with E-state index in [1.165, 1.54) is 0 Å². The molecule has 112 valence electrons. The average molecular weight is 307 g/mol. The third-order valence-corrected chi connectivity index (χ3v) is 3.63. The van der Waals surface area contributed by atoms with Crippen molar-refractivity contribution in [1.82, 2.24) is 9.88 Å². The van der Waals surface area contributed by atoms with Crippen molar-refractivity contribution < 1.29 is 9.90 Å². The lowest BCUT2D eigenvalue weighted by molar-refractivity contribution is 0.0643. The number of carbonyl (C=O) groups is 1. The minimum Gasteiger partial charge on any atom is -0.396 e. The van der Waals surface area contributed by atoms with Crippen molar-refractivity contribution in [2.75, 3.05) is 6.61 Å². The molecule has 2 rings (SSSR count). The highest BCUT2D eigenvalue weighted by Crippen LogP contribution is 2.17. The summed E-state index contributed by atoms with van der Waals surface area (Å²) in [6, 6.07) is 11.3. The van der Waals surface area contributed by atoms with Crippen molar-refractivity contribution in [3.05, 3.63) is 58.9 Å². The molecule has 0 radical (unpaired) electrons. The number of amides is 1. The Balaban J connectivity index is 2.21. The number of aromatic nitrogens is 1. The van der Waals surface area contributed by atoms with Crippen molar-refractivity contribution in [1.29, 1.82) is 0 Å². The summed E-state index contributed by atoms with van der Waals surface area (Å²) in [7, 11) is 0. The van der Waals surface area contributed by atoms with Gasteiger partial charge in [-0.1, -0.05) is 41.9 Å². The second-order valence-corrected chi connectivity index (χ2v) is 5.45. The number of benzene rings is 1. The van der Waals surface area contributed by atoms with Crippen LogP contribution in [0.25, 0.3) is 0 Å². The molecule has 5 heteroatoms. The zero-order chi connectivity index (χ0) is 15.2.